The van der Waals surface area contributed by atoms with Crippen molar-refractivity contribution in [3.05, 3.63) is 46.5 Å². The highest BCUT2D eigenvalue weighted by molar-refractivity contribution is 6.30. The van der Waals surface area contributed by atoms with E-state index in [0.717, 1.165) is 17.9 Å². The zero-order chi connectivity index (χ0) is 15.9. The second kappa shape index (κ2) is 5.47. The fraction of sp³-hybridized carbons (Fsp3) is 0.438. The van der Waals surface area contributed by atoms with Gasteiger partial charge >= 0.3 is 0 Å². The number of likely N-dealkylation sites (N-methyl/N-ethyl adjacent to an activating group) is 1. The molecule has 22 heavy (non-hydrogen) atoms. The molecule has 2 aliphatic rings. The minimum Gasteiger partial charge on any atom is -0.473 e. The number of nitrogens with zero attached hydrogens (tertiary/aromatic N) is 3. The van der Waals surface area contributed by atoms with Gasteiger partial charge in [-0.15, -0.1) is 0 Å². The van der Waals surface area contributed by atoms with Gasteiger partial charge in [-0.3, -0.25) is 0 Å². The molecule has 0 saturated carbocycles. The van der Waals surface area contributed by atoms with Crippen molar-refractivity contribution in [1.82, 2.24) is 9.80 Å². The summed E-state index contributed by atoms with van der Waals surface area (Å²) in [5.74, 6) is 1.29. The molecule has 0 spiro atoms. The molecule has 118 valence electrons. The Hall–Kier alpha value is -1.75. The van der Waals surface area contributed by atoms with Crippen LogP contribution in [0.1, 0.15) is 19.4 Å². The summed E-state index contributed by atoms with van der Waals surface area (Å²) >= 11 is 5.77. The predicted octanol–water partition coefficient (Wildman–Crippen LogP) is 3.23. The summed E-state index contributed by atoms with van der Waals surface area (Å²) in [5.41, 5.74) is 0.899. The first kappa shape index (κ1) is 15.2. The summed E-state index contributed by atoms with van der Waals surface area (Å²) in [6.07, 6.45) is 1.95. The second-order valence-corrected chi connectivity index (χ2v) is 6.65. The van der Waals surface area contributed by atoms with Crippen LogP contribution in [0.25, 0.3) is 0 Å². The number of fused-ring (bicyclic) bond motifs is 1. The molecule has 4 nitrogen and oxygen atoms in total. The molecule has 6 heteroatoms. The molecule has 2 aliphatic heterocycles. The van der Waals surface area contributed by atoms with Crippen LogP contribution in [0.2, 0.25) is 5.02 Å². The lowest BCUT2D eigenvalue weighted by molar-refractivity contribution is 0.261. The van der Waals surface area contributed by atoms with E-state index in [2.05, 4.69) is 35.7 Å². The summed E-state index contributed by atoms with van der Waals surface area (Å²) in [6.45, 7) is 6.26. The van der Waals surface area contributed by atoms with Gasteiger partial charge in [0.15, 0.2) is 0 Å². The number of ether oxygens (including phenoxy) is 1. The molecule has 0 atom stereocenters. The smallest absolute Gasteiger partial charge is 0.214 e. The van der Waals surface area contributed by atoms with E-state index in [4.69, 9.17) is 16.3 Å². The van der Waals surface area contributed by atoms with Crippen molar-refractivity contribution in [2.45, 2.75) is 26.0 Å². The third-order valence-electron chi connectivity index (χ3n) is 4.17. The van der Waals surface area contributed by atoms with Gasteiger partial charge in [-0.05, 0) is 31.5 Å². The maximum atomic E-state index is 13.1. The molecular formula is C16H19ClFN3O. The van der Waals surface area contributed by atoms with Crippen LogP contribution in [0.4, 0.5) is 4.39 Å². The van der Waals surface area contributed by atoms with Gasteiger partial charge in [-0.1, -0.05) is 17.7 Å². The van der Waals surface area contributed by atoms with E-state index in [0.29, 0.717) is 19.2 Å². The third-order valence-corrected chi connectivity index (χ3v) is 4.46. The van der Waals surface area contributed by atoms with Crippen molar-refractivity contribution < 1.29 is 9.13 Å². The summed E-state index contributed by atoms with van der Waals surface area (Å²) in [7, 11) is 2.08. The molecule has 0 bridgehead atoms. The molecule has 3 rings (SSSR count). The van der Waals surface area contributed by atoms with Crippen molar-refractivity contribution in [1.29, 1.82) is 0 Å². The molecular weight excluding hydrogens is 305 g/mol. The van der Waals surface area contributed by atoms with Gasteiger partial charge in [0, 0.05) is 19.7 Å². The minimum atomic E-state index is -0.423. The number of benzene rings is 1. The lowest BCUT2D eigenvalue weighted by Crippen LogP contribution is -2.36. The van der Waals surface area contributed by atoms with Crippen LogP contribution in [0.3, 0.4) is 0 Å². The lowest BCUT2D eigenvalue weighted by atomic mass is 10.1. The quantitative estimate of drug-likeness (QED) is 0.836. The van der Waals surface area contributed by atoms with Gasteiger partial charge in [-0.2, -0.15) is 0 Å². The molecule has 1 fully saturated rings. The molecule has 0 N–H and O–H groups in total. The fourth-order valence-electron chi connectivity index (χ4n) is 2.67. The maximum absolute atomic E-state index is 13.1. The number of aliphatic imine (C=N–C) groups is 1. The Balaban J connectivity index is 1.68. The van der Waals surface area contributed by atoms with Crippen LogP contribution in [-0.2, 0) is 11.3 Å². The third kappa shape index (κ3) is 2.77. The van der Waals surface area contributed by atoms with Gasteiger partial charge in [0.25, 0.3) is 0 Å². The summed E-state index contributed by atoms with van der Waals surface area (Å²) in [6, 6.07) is 4.58. The molecule has 0 unspecified atom stereocenters. The highest BCUT2D eigenvalue weighted by Crippen LogP contribution is 2.31. The first-order valence-electron chi connectivity index (χ1n) is 7.18. The number of halogens is 2. The molecule has 1 aromatic carbocycles. The number of hydrogen-bond acceptors (Lipinski definition) is 4. The van der Waals surface area contributed by atoms with Crippen LogP contribution in [0, 0.1) is 5.82 Å². The maximum Gasteiger partial charge on any atom is 0.214 e. The van der Waals surface area contributed by atoms with Crippen LogP contribution < -0.4 is 0 Å². The van der Waals surface area contributed by atoms with Crippen molar-refractivity contribution >= 4 is 17.5 Å². The van der Waals surface area contributed by atoms with Gasteiger partial charge in [-0.25, -0.2) is 9.38 Å². The summed E-state index contributed by atoms with van der Waals surface area (Å²) in [5, 5.41) is 0.105. The average molecular weight is 324 g/mol. The van der Waals surface area contributed by atoms with Crippen LogP contribution >= 0.6 is 11.6 Å². The van der Waals surface area contributed by atoms with E-state index in [1.807, 2.05) is 6.08 Å². The Morgan fingerprint density at radius 3 is 2.91 bits per heavy atom. The van der Waals surface area contributed by atoms with Crippen molar-refractivity contribution in [2.75, 3.05) is 20.3 Å². The molecule has 0 aromatic heterocycles. The predicted molar refractivity (Wildman–Crippen MR) is 85.1 cm³/mol. The first-order valence-corrected chi connectivity index (χ1v) is 7.56. The van der Waals surface area contributed by atoms with Gasteiger partial charge in [0.1, 0.15) is 24.9 Å². The second-order valence-electron chi connectivity index (χ2n) is 6.25. The Morgan fingerprint density at radius 2 is 2.18 bits per heavy atom. The van der Waals surface area contributed by atoms with Crippen LogP contribution in [-0.4, -0.2) is 41.5 Å². The summed E-state index contributed by atoms with van der Waals surface area (Å²) < 4.78 is 18.9. The van der Waals surface area contributed by atoms with E-state index in [1.54, 1.807) is 12.1 Å². The molecule has 0 amide bonds. The van der Waals surface area contributed by atoms with Crippen molar-refractivity contribution in [3.63, 3.8) is 0 Å². The highest BCUT2D eigenvalue weighted by atomic mass is 35.5. The lowest BCUT2D eigenvalue weighted by Gasteiger charge is -2.28. The van der Waals surface area contributed by atoms with Crippen LogP contribution in [0.5, 0.6) is 0 Å². The SMILES string of the molecule is CN1C2=CC(OCc3ccc(F)c(Cl)c3)=NCN2CC1(C)C. The average Bonchev–Trinajstić information content (AvgIpc) is 2.70. The monoisotopic (exact) mass is 323 g/mol. The topological polar surface area (TPSA) is 28.1 Å². The minimum absolute atomic E-state index is 0.0846. The van der Waals surface area contributed by atoms with Crippen LogP contribution in [0.15, 0.2) is 35.1 Å². The van der Waals surface area contributed by atoms with E-state index < -0.39 is 5.82 Å². The van der Waals surface area contributed by atoms with Crippen molar-refractivity contribution in [2.24, 2.45) is 4.99 Å². The molecule has 1 saturated heterocycles. The van der Waals surface area contributed by atoms with Gasteiger partial charge < -0.3 is 14.5 Å². The van der Waals surface area contributed by atoms with E-state index in [-0.39, 0.29) is 10.6 Å². The first-order chi connectivity index (χ1) is 10.4. The fourth-order valence-corrected chi connectivity index (χ4v) is 2.88. The molecule has 0 radical (unpaired) electrons. The summed E-state index contributed by atoms with van der Waals surface area (Å²) in [4.78, 5) is 8.90. The zero-order valence-electron chi connectivity index (χ0n) is 12.9. The number of hydrogen-bond donors (Lipinski definition) is 0. The van der Waals surface area contributed by atoms with Gasteiger partial charge in [0.05, 0.1) is 10.6 Å². The standard InChI is InChI=1S/C16H19ClFN3O/c1-16(2)9-21-10-19-14(7-15(21)20(16)3)22-8-11-4-5-13(18)12(17)6-11/h4-7H,8-10H2,1-3H3. The Labute approximate surface area is 134 Å². The Kier molecular flexibility index (Phi) is 3.77. The molecule has 0 aliphatic carbocycles. The van der Waals surface area contributed by atoms with Crippen molar-refractivity contribution in [3.8, 4) is 0 Å². The Morgan fingerprint density at radius 1 is 1.41 bits per heavy atom. The highest BCUT2D eigenvalue weighted by Gasteiger charge is 2.38. The normalized spacial score (nSPS) is 19.7. The van der Waals surface area contributed by atoms with Gasteiger partial charge in [0.2, 0.25) is 5.90 Å². The van der Waals surface area contributed by atoms with E-state index >= 15 is 0 Å². The molecule has 1 aromatic rings. The Bertz CT molecular complexity index is 657. The zero-order valence-corrected chi connectivity index (χ0v) is 13.7. The van der Waals surface area contributed by atoms with E-state index in [1.165, 1.54) is 6.07 Å². The largest absolute Gasteiger partial charge is 0.473 e. The number of rotatable bonds is 2. The van der Waals surface area contributed by atoms with E-state index in [9.17, 15) is 4.39 Å². The molecule has 2 heterocycles.